The molecule has 0 aliphatic carbocycles. The third-order valence-corrected chi connectivity index (χ3v) is 10.7. The maximum absolute atomic E-state index is 12.0. The van der Waals surface area contributed by atoms with Gasteiger partial charge in [0.1, 0.15) is 0 Å². The van der Waals surface area contributed by atoms with Crippen molar-refractivity contribution in [3.8, 4) is 0 Å². The smallest absolute Gasteiger partial charge is 0.172 e. The van der Waals surface area contributed by atoms with Crippen molar-refractivity contribution in [3.63, 3.8) is 0 Å². The molecule has 0 fully saturated rings. The molecule has 1 aromatic carbocycles. The predicted octanol–water partition coefficient (Wildman–Crippen LogP) is 7.23. The van der Waals surface area contributed by atoms with Crippen LogP contribution in [0.4, 0.5) is 0 Å². The Morgan fingerprint density at radius 2 is 1.31 bits per heavy atom. The fourth-order valence-electron chi connectivity index (χ4n) is 3.82. The standard InChI is InChI=1S/C29H48O3SSi2/c1-12-24(30)25-18-16-21(33-25)15-13-20-14-17-22(28(8,9)31-34-26(2,3)4)23(19-20)29(10,11)32-35-27(5,6)7/h14,16-19H,12-13,15,34-35H2,1-11H3. The maximum atomic E-state index is 12.0. The maximum Gasteiger partial charge on any atom is 0.172 e. The minimum Gasteiger partial charge on any atom is -0.415 e. The lowest BCUT2D eigenvalue weighted by molar-refractivity contribution is 0.0829. The SMILES string of the molecule is CCC(=O)c1ccc(CCc2ccc(C(C)(C)O[SiH2]C(C)(C)C)c(C(C)(C)O[SiH2]C(C)(C)C)c2)s1. The molecule has 0 saturated carbocycles. The van der Waals surface area contributed by atoms with E-state index in [1.165, 1.54) is 21.6 Å². The fraction of sp³-hybridized carbons (Fsp3) is 0.621. The summed E-state index contributed by atoms with van der Waals surface area (Å²) in [5.41, 5.74) is 3.04. The van der Waals surface area contributed by atoms with Gasteiger partial charge in [-0.2, -0.15) is 0 Å². The first-order chi connectivity index (χ1) is 15.9. The second-order valence-electron chi connectivity index (χ2n) is 13.1. The Labute approximate surface area is 223 Å². The average Bonchev–Trinajstić information content (AvgIpc) is 3.22. The zero-order chi connectivity index (χ0) is 26.7. The molecule has 1 heterocycles. The van der Waals surface area contributed by atoms with E-state index in [2.05, 4.69) is 93.5 Å². The average molecular weight is 533 g/mol. The first kappa shape index (κ1) is 30.2. The van der Waals surface area contributed by atoms with Crippen molar-refractivity contribution < 1.29 is 13.6 Å². The molecule has 0 radical (unpaired) electrons. The molecule has 3 nitrogen and oxygen atoms in total. The predicted molar refractivity (Wildman–Crippen MR) is 158 cm³/mol. The van der Waals surface area contributed by atoms with Crippen LogP contribution in [-0.4, -0.2) is 25.3 Å². The zero-order valence-corrected chi connectivity index (χ0v) is 27.7. The topological polar surface area (TPSA) is 35.5 Å². The van der Waals surface area contributed by atoms with E-state index in [0.717, 1.165) is 17.7 Å². The summed E-state index contributed by atoms with van der Waals surface area (Å²) in [5.74, 6) is 0.232. The highest BCUT2D eigenvalue weighted by atomic mass is 32.1. The summed E-state index contributed by atoms with van der Waals surface area (Å²) in [5, 5.41) is 0.467. The number of ketones is 1. The van der Waals surface area contributed by atoms with Crippen LogP contribution in [0.5, 0.6) is 0 Å². The minimum atomic E-state index is -0.728. The first-order valence-electron chi connectivity index (χ1n) is 13.0. The van der Waals surface area contributed by atoms with Crippen LogP contribution in [-0.2, 0) is 32.9 Å². The van der Waals surface area contributed by atoms with Crippen molar-refractivity contribution in [1.82, 2.24) is 0 Å². The van der Waals surface area contributed by atoms with Crippen LogP contribution in [0.25, 0.3) is 0 Å². The van der Waals surface area contributed by atoms with Crippen LogP contribution in [0, 0.1) is 0 Å². The second kappa shape index (κ2) is 11.6. The third-order valence-electron chi connectivity index (χ3n) is 6.03. The van der Waals surface area contributed by atoms with Gasteiger partial charge in [0.25, 0.3) is 0 Å². The highest BCUT2D eigenvalue weighted by Gasteiger charge is 2.33. The van der Waals surface area contributed by atoms with Gasteiger partial charge < -0.3 is 8.85 Å². The lowest BCUT2D eigenvalue weighted by Crippen LogP contribution is -2.34. The Hall–Kier alpha value is -1.06. The molecular formula is C29H48O3SSi2. The molecule has 0 unspecified atom stereocenters. The Morgan fingerprint density at radius 1 is 0.771 bits per heavy atom. The molecule has 1 aromatic heterocycles. The molecule has 35 heavy (non-hydrogen) atoms. The molecule has 0 bridgehead atoms. The Kier molecular flexibility index (Phi) is 9.96. The first-order valence-corrected chi connectivity index (χ1v) is 16.4. The van der Waals surface area contributed by atoms with E-state index in [1.54, 1.807) is 11.3 Å². The zero-order valence-electron chi connectivity index (χ0n) is 24.1. The molecule has 0 amide bonds. The van der Waals surface area contributed by atoms with Gasteiger partial charge in [0, 0.05) is 11.3 Å². The van der Waals surface area contributed by atoms with Crippen molar-refractivity contribution in [2.45, 2.75) is 117 Å². The second-order valence-corrected chi connectivity index (χ2v) is 19.7. The minimum absolute atomic E-state index is 0.229. The normalized spacial score (nSPS) is 14.0. The van der Waals surface area contributed by atoms with Gasteiger partial charge in [-0.1, -0.05) is 66.7 Å². The van der Waals surface area contributed by atoms with Crippen LogP contribution in [0.2, 0.25) is 10.1 Å². The number of rotatable bonds is 11. The van der Waals surface area contributed by atoms with Gasteiger partial charge in [0.05, 0.1) is 16.1 Å². The Morgan fingerprint density at radius 3 is 1.83 bits per heavy atom. The number of carbonyl (C=O) groups excluding carboxylic acids is 1. The number of hydrogen-bond donors (Lipinski definition) is 0. The summed E-state index contributed by atoms with van der Waals surface area (Å²) >= 11 is 1.64. The van der Waals surface area contributed by atoms with Crippen molar-refractivity contribution in [2.24, 2.45) is 0 Å². The fourth-order valence-corrected chi connectivity index (χ4v) is 6.74. The van der Waals surface area contributed by atoms with Crippen LogP contribution in [0.3, 0.4) is 0 Å². The summed E-state index contributed by atoms with van der Waals surface area (Å²) in [4.78, 5) is 14.2. The van der Waals surface area contributed by atoms with Gasteiger partial charge in [0.15, 0.2) is 25.3 Å². The third kappa shape index (κ3) is 9.40. The highest BCUT2D eigenvalue weighted by molar-refractivity contribution is 7.14. The number of aryl methyl sites for hydroxylation is 2. The van der Waals surface area contributed by atoms with Crippen LogP contribution >= 0.6 is 11.3 Å². The summed E-state index contributed by atoms with van der Waals surface area (Å²) in [7, 11) is -1.44. The molecule has 0 aliphatic heterocycles. The molecule has 0 aliphatic rings. The van der Waals surface area contributed by atoms with Gasteiger partial charge in [-0.25, -0.2) is 0 Å². The Bertz CT molecular complexity index is 994. The molecule has 2 aromatic rings. The van der Waals surface area contributed by atoms with Crippen molar-refractivity contribution in [3.05, 3.63) is 56.8 Å². The summed E-state index contributed by atoms with van der Waals surface area (Å²) < 4.78 is 13.3. The monoisotopic (exact) mass is 532 g/mol. The summed E-state index contributed by atoms with van der Waals surface area (Å²) in [6.45, 7) is 24.4. The van der Waals surface area contributed by atoms with Crippen molar-refractivity contribution >= 4 is 36.6 Å². The van der Waals surface area contributed by atoms with E-state index in [4.69, 9.17) is 8.85 Å². The van der Waals surface area contributed by atoms with E-state index in [9.17, 15) is 4.79 Å². The van der Waals surface area contributed by atoms with E-state index in [-0.39, 0.29) is 27.1 Å². The van der Waals surface area contributed by atoms with Gasteiger partial charge in [-0.3, -0.25) is 4.79 Å². The molecule has 0 atom stereocenters. The number of thiophene rings is 1. The lowest BCUT2D eigenvalue weighted by atomic mass is 9.84. The number of Topliss-reactive ketones (excluding diaryl/α,β-unsaturated/α-hetero) is 1. The van der Waals surface area contributed by atoms with E-state index in [1.807, 2.05) is 13.0 Å². The molecule has 0 saturated heterocycles. The van der Waals surface area contributed by atoms with Crippen LogP contribution in [0.1, 0.15) is 114 Å². The van der Waals surface area contributed by atoms with Crippen LogP contribution in [0.15, 0.2) is 30.3 Å². The number of carbonyl (C=O) groups is 1. The van der Waals surface area contributed by atoms with E-state index < -0.39 is 19.5 Å². The van der Waals surface area contributed by atoms with Crippen LogP contribution < -0.4 is 0 Å². The number of benzene rings is 1. The van der Waals surface area contributed by atoms with Gasteiger partial charge in [-0.05, 0) is 79.4 Å². The highest BCUT2D eigenvalue weighted by Crippen LogP contribution is 2.39. The molecule has 6 heteroatoms. The van der Waals surface area contributed by atoms with Crippen molar-refractivity contribution in [1.29, 1.82) is 0 Å². The van der Waals surface area contributed by atoms with E-state index in [0.29, 0.717) is 6.42 Å². The summed E-state index contributed by atoms with van der Waals surface area (Å²) in [6, 6.07) is 11.0. The molecule has 0 N–H and O–H groups in total. The van der Waals surface area contributed by atoms with Gasteiger partial charge in [0.2, 0.25) is 0 Å². The van der Waals surface area contributed by atoms with Gasteiger partial charge >= 0.3 is 0 Å². The number of hydrogen-bond acceptors (Lipinski definition) is 4. The van der Waals surface area contributed by atoms with E-state index >= 15 is 0 Å². The lowest BCUT2D eigenvalue weighted by Gasteiger charge is -2.38. The molecule has 0 spiro atoms. The molecule has 2 rings (SSSR count). The largest absolute Gasteiger partial charge is 0.415 e. The van der Waals surface area contributed by atoms with Crippen molar-refractivity contribution in [2.75, 3.05) is 0 Å². The Balaban J connectivity index is 2.36. The quantitative estimate of drug-likeness (QED) is 0.226. The molecule has 196 valence electrons. The summed E-state index contributed by atoms with van der Waals surface area (Å²) in [6.07, 6.45) is 2.45. The van der Waals surface area contributed by atoms with Gasteiger partial charge in [-0.15, -0.1) is 11.3 Å². The molecular weight excluding hydrogens is 485 g/mol.